The molecule has 0 amide bonds. The van der Waals surface area contributed by atoms with E-state index in [0.717, 1.165) is 18.2 Å². The Morgan fingerprint density at radius 3 is 3.00 bits per heavy atom. The molecule has 1 aromatic rings. The number of hydrogen-bond donors (Lipinski definition) is 0. The van der Waals surface area contributed by atoms with Crippen LogP contribution in [0, 0.1) is 5.92 Å². The second kappa shape index (κ2) is 3.32. The van der Waals surface area contributed by atoms with Gasteiger partial charge in [-0.1, -0.05) is 6.42 Å². The molecule has 0 radical (unpaired) electrons. The summed E-state index contributed by atoms with van der Waals surface area (Å²) >= 11 is 0. The minimum absolute atomic E-state index is 0.108. The van der Waals surface area contributed by atoms with Crippen LogP contribution >= 0.6 is 0 Å². The quantitative estimate of drug-likeness (QED) is 0.662. The van der Waals surface area contributed by atoms with E-state index in [1.807, 2.05) is 4.57 Å². The zero-order valence-electron chi connectivity index (χ0n) is 7.86. The van der Waals surface area contributed by atoms with E-state index in [2.05, 4.69) is 4.98 Å². The highest BCUT2D eigenvalue weighted by molar-refractivity contribution is 5.92. The molecule has 0 aromatic carbocycles. The van der Waals surface area contributed by atoms with Crippen molar-refractivity contribution >= 4 is 5.78 Å². The third-order valence-electron chi connectivity index (χ3n) is 2.75. The molecule has 1 fully saturated rings. The van der Waals surface area contributed by atoms with Crippen molar-refractivity contribution in [3.05, 3.63) is 18.2 Å². The molecule has 0 atom stereocenters. The third-order valence-corrected chi connectivity index (χ3v) is 2.75. The lowest BCUT2D eigenvalue weighted by Gasteiger charge is -2.25. The molecular formula is C10H14N2O. The number of carbonyl (C=O) groups is 1. The van der Waals surface area contributed by atoms with Crippen LogP contribution in [0.25, 0.3) is 0 Å². The SMILES string of the molecule is CC(=O)c1cncn1CC1CCC1. The normalized spacial score (nSPS) is 17.0. The predicted octanol–water partition coefficient (Wildman–Crippen LogP) is 1.89. The summed E-state index contributed by atoms with van der Waals surface area (Å²) in [6, 6.07) is 0. The summed E-state index contributed by atoms with van der Waals surface area (Å²) in [4.78, 5) is 15.2. The fourth-order valence-corrected chi connectivity index (χ4v) is 1.71. The standard InChI is InChI=1S/C10H14N2O/c1-8(13)10-5-11-7-12(10)6-9-3-2-4-9/h5,7,9H,2-4,6H2,1H3. The molecule has 2 rings (SSSR count). The molecule has 3 nitrogen and oxygen atoms in total. The van der Waals surface area contributed by atoms with Gasteiger partial charge in [0.05, 0.1) is 12.5 Å². The molecule has 1 aromatic heterocycles. The highest BCUT2D eigenvalue weighted by Crippen LogP contribution is 2.28. The van der Waals surface area contributed by atoms with Gasteiger partial charge in [0.1, 0.15) is 5.69 Å². The molecule has 0 N–H and O–H groups in total. The summed E-state index contributed by atoms with van der Waals surface area (Å²) in [5.74, 6) is 0.879. The molecule has 70 valence electrons. The van der Waals surface area contributed by atoms with E-state index >= 15 is 0 Å². The molecule has 1 aliphatic rings. The van der Waals surface area contributed by atoms with Gasteiger partial charge in [-0.25, -0.2) is 4.98 Å². The van der Waals surface area contributed by atoms with Gasteiger partial charge in [-0.2, -0.15) is 0 Å². The van der Waals surface area contributed by atoms with Crippen LogP contribution in [-0.2, 0) is 6.54 Å². The lowest BCUT2D eigenvalue weighted by Crippen LogP contribution is -2.19. The first-order valence-electron chi connectivity index (χ1n) is 4.78. The van der Waals surface area contributed by atoms with Crippen molar-refractivity contribution in [2.75, 3.05) is 0 Å². The minimum atomic E-state index is 0.108. The molecule has 0 aliphatic heterocycles. The second-order valence-corrected chi connectivity index (χ2v) is 3.78. The maximum Gasteiger partial charge on any atom is 0.177 e. The van der Waals surface area contributed by atoms with E-state index in [1.54, 1.807) is 19.4 Å². The number of ketones is 1. The maximum atomic E-state index is 11.2. The number of nitrogens with zero attached hydrogens (tertiary/aromatic N) is 2. The van der Waals surface area contributed by atoms with Crippen LogP contribution in [0.2, 0.25) is 0 Å². The van der Waals surface area contributed by atoms with Gasteiger partial charge in [-0.15, -0.1) is 0 Å². The van der Waals surface area contributed by atoms with E-state index in [0.29, 0.717) is 0 Å². The summed E-state index contributed by atoms with van der Waals surface area (Å²) in [5, 5.41) is 0. The van der Waals surface area contributed by atoms with E-state index in [1.165, 1.54) is 19.3 Å². The van der Waals surface area contributed by atoms with Crippen LogP contribution in [0.1, 0.15) is 36.7 Å². The van der Waals surface area contributed by atoms with Crippen molar-refractivity contribution in [2.45, 2.75) is 32.7 Å². The van der Waals surface area contributed by atoms with E-state index in [4.69, 9.17) is 0 Å². The summed E-state index contributed by atoms with van der Waals surface area (Å²) in [5.41, 5.74) is 0.743. The third kappa shape index (κ3) is 1.64. The van der Waals surface area contributed by atoms with Gasteiger partial charge in [0, 0.05) is 13.5 Å². The monoisotopic (exact) mass is 178 g/mol. The first-order valence-corrected chi connectivity index (χ1v) is 4.78. The van der Waals surface area contributed by atoms with E-state index in [-0.39, 0.29) is 5.78 Å². The summed E-state index contributed by atoms with van der Waals surface area (Å²) in [6.07, 6.45) is 7.36. The number of carbonyl (C=O) groups excluding carboxylic acids is 1. The Kier molecular flexibility index (Phi) is 2.17. The molecule has 0 bridgehead atoms. The van der Waals surface area contributed by atoms with Crippen molar-refractivity contribution in [1.29, 1.82) is 0 Å². The van der Waals surface area contributed by atoms with Crippen molar-refractivity contribution in [3.63, 3.8) is 0 Å². The lowest BCUT2D eigenvalue weighted by atomic mass is 9.85. The summed E-state index contributed by atoms with van der Waals surface area (Å²) < 4.78 is 1.98. The number of imidazole rings is 1. The minimum Gasteiger partial charge on any atom is -0.328 e. The summed E-state index contributed by atoms with van der Waals surface area (Å²) in [7, 11) is 0. The zero-order valence-corrected chi connectivity index (χ0v) is 7.86. The molecule has 1 saturated carbocycles. The average molecular weight is 178 g/mol. The van der Waals surface area contributed by atoms with Crippen LogP contribution in [-0.4, -0.2) is 15.3 Å². The fourth-order valence-electron chi connectivity index (χ4n) is 1.71. The zero-order chi connectivity index (χ0) is 9.26. The number of rotatable bonds is 3. The summed E-state index contributed by atoms with van der Waals surface area (Å²) in [6.45, 7) is 2.56. The highest BCUT2D eigenvalue weighted by Gasteiger charge is 2.19. The largest absolute Gasteiger partial charge is 0.328 e. The lowest BCUT2D eigenvalue weighted by molar-refractivity contribution is 0.100. The molecule has 1 heterocycles. The van der Waals surface area contributed by atoms with Crippen LogP contribution < -0.4 is 0 Å². The molecule has 0 spiro atoms. The van der Waals surface area contributed by atoms with Crippen LogP contribution in [0.5, 0.6) is 0 Å². The topological polar surface area (TPSA) is 34.9 Å². The van der Waals surface area contributed by atoms with Crippen LogP contribution in [0.4, 0.5) is 0 Å². The molecular weight excluding hydrogens is 164 g/mol. The van der Waals surface area contributed by atoms with Crippen LogP contribution in [0.3, 0.4) is 0 Å². The van der Waals surface area contributed by atoms with E-state index < -0.39 is 0 Å². The average Bonchev–Trinajstić information content (AvgIpc) is 2.44. The van der Waals surface area contributed by atoms with Gasteiger partial charge in [0.2, 0.25) is 0 Å². The van der Waals surface area contributed by atoms with Gasteiger partial charge >= 0.3 is 0 Å². The molecule has 13 heavy (non-hydrogen) atoms. The van der Waals surface area contributed by atoms with Crippen molar-refractivity contribution in [3.8, 4) is 0 Å². The smallest absolute Gasteiger partial charge is 0.177 e. The molecule has 3 heteroatoms. The Morgan fingerprint density at radius 2 is 2.46 bits per heavy atom. The first kappa shape index (κ1) is 8.48. The fraction of sp³-hybridized carbons (Fsp3) is 0.600. The van der Waals surface area contributed by atoms with Gasteiger partial charge in [0.25, 0.3) is 0 Å². The van der Waals surface area contributed by atoms with Gasteiger partial charge in [-0.05, 0) is 18.8 Å². The first-order chi connectivity index (χ1) is 6.27. The Labute approximate surface area is 77.8 Å². The van der Waals surface area contributed by atoms with Crippen LogP contribution in [0.15, 0.2) is 12.5 Å². The Morgan fingerprint density at radius 1 is 1.69 bits per heavy atom. The van der Waals surface area contributed by atoms with Gasteiger partial charge in [0.15, 0.2) is 5.78 Å². The molecule has 0 saturated heterocycles. The maximum absolute atomic E-state index is 11.2. The molecule has 0 unspecified atom stereocenters. The number of aromatic nitrogens is 2. The molecule has 1 aliphatic carbocycles. The van der Waals surface area contributed by atoms with Crippen molar-refractivity contribution in [1.82, 2.24) is 9.55 Å². The number of hydrogen-bond acceptors (Lipinski definition) is 2. The Balaban J connectivity index is 2.09. The Bertz CT molecular complexity index is 312. The van der Waals surface area contributed by atoms with Crippen molar-refractivity contribution < 1.29 is 4.79 Å². The highest BCUT2D eigenvalue weighted by atomic mass is 16.1. The van der Waals surface area contributed by atoms with Crippen molar-refractivity contribution in [2.24, 2.45) is 5.92 Å². The van der Waals surface area contributed by atoms with Gasteiger partial charge < -0.3 is 4.57 Å². The van der Waals surface area contributed by atoms with Gasteiger partial charge in [-0.3, -0.25) is 4.79 Å². The van der Waals surface area contributed by atoms with E-state index in [9.17, 15) is 4.79 Å². The predicted molar refractivity (Wildman–Crippen MR) is 49.6 cm³/mol. The second-order valence-electron chi connectivity index (χ2n) is 3.78. The number of Topliss-reactive ketones (excluding diaryl/α,β-unsaturated/α-hetero) is 1. The Hall–Kier alpha value is -1.12.